The van der Waals surface area contributed by atoms with Crippen LogP contribution in [0.3, 0.4) is 0 Å². The van der Waals surface area contributed by atoms with Crippen LogP contribution in [0.25, 0.3) is 0 Å². The molecule has 0 aliphatic carbocycles. The van der Waals surface area contributed by atoms with Crippen molar-refractivity contribution in [2.24, 2.45) is 5.73 Å². The molecule has 1 heterocycles. The number of nitrogens with zero attached hydrogens (tertiary/aromatic N) is 1. The van der Waals surface area contributed by atoms with Crippen molar-refractivity contribution in [2.45, 2.75) is 25.9 Å². The number of hydrogen-bond acceptors (Lipinski definition) is 5. The zero-order chi connectivity index (χ0) is 18.8. The molecule has 1 unspecified atom stereocenters. The Balaban J connectivity index is 2.75. The molecule has 0 fully saturated rings. The SMILES string of the molecule is CCOC(=O)C1=C(C)NC(N)=C(C#N)C1c1ccccc1C(F)(F)F. The van der Waals surface area contributed by atoms with Crippen molar-refractivity contribution in [1.82, 2.24) is 5.32 Å². The van der Waals surface area contributed by atoms with Gasteiger partial charge in [0.1, 0.15) is 5.82 Å². The number of rotatable bonds is 3. The normalized spacial score (nSPS) is 17.8. The molecule has 132 valence electrons. The second-order valence-corrected chi connectivity index (χ2v) is 5.34. The maximum atomic E-state index is 13.4. The van der Waals surface area contributed by atoms with E-state index in [1.807, 2.05) is 6.07 Å². The number of carbonyl (C=O) groups excluding carboxylic acids is 1. The Morgan fingerprint density at radius 1 is 1.40 bits per heavy atom. The summed E-state index contributed by atoms with van der Waals surface area (Å²) in [5.41, 5.74) is 4.64. The van der Waals surface area contributed by atoms with Crippen LogP contribution in [-0.2, 0) is 15.7 Å². The highest BCUT2D eigenvalue weighted by atomic mass is 19.4. The minimum Gasteiger partial charge on any atom is -0.463 e. The summed E-state index contributed by atoms with van der Waals surface area (Å²) in [7, 11) is 0. The van der Waals surface area contributed by atoms with Gasteiger partial charge >= 0.3 is 12.1 Å². The Bertz CT molecular complexity index is 804. The summed E-state index contributed by atoms with van der Waals surface area (Å²) >= 11 is 0. The number of hydrogen-bond donors (Lipinski definition) is 2. The van der Waals surface area contributed by atoms with Crippen LogP contribution in [0.5, 0.6) is 0 Å². The van der Waals surface area contributed by atoms with Crippen molar-refractivity contribution in [3.63, 3.8) is 0 Å². The molecule has 25 heavy (non-hydrogen) atoms. The van der Waals surface area contributed by atoms with Crippen LogP contribution in [-0.4, -0.2) is 12.6 Å². The molecule has 0 radical (unpaired) electrons. The number of dihydropyridines is 1. The Hall–Kier alpha value is -2.95. The van der Waals surface area contributed by atoms with Crippen LogP contribution < -0.4 is 11.1 Å². The number of ether oxygens (including phenoxy) is 1. The number of nitrogens with two attached hydrogens (primary N) is 1. The van der Waals surface area contributed by atoms with Gasteiger partial charge in [0.25, 0.3) is 0 Å². The fourth-order valence-electron chi connectivity index (χ4n) is 2.78. The molecule has 3 N–H and O–H groups in total. The van der Waals surface area contributed by atoms with E-state index in [1.54, 1.807) is 6.92 Å². The molecule has 1 aromatic carbocycles. The number of benzene rings is 1. The monoisotopic (exact) mass is 351 g/mol. The quantitative estimate of drug-likeness (QED) is 0.818. The predicted octanol–water partition coefficient (Wildman–Crippen LogP) is 2.92. The lowest BCUT2D eigenvalue weighted by Crippen LogP contribution is -2.33. The third kappa shape index (κ3) is 3.45. The van der Waals surface area contributed by atoms with Crippen molar-refractivity contribution in [1.29, 1.82) is 5.26 Å². The third-order valence-electron chi connectivity index (χ3n) is 3.79. The number of carbonyl (C=O) groups is 1. The molecular weight excluding hydrogens is 335 g/mol. The summed E-state index contributed by atoms with van der Waals surface area (Å²) in [6, 6.07) is 6.60. The molecule has 0 amide bonds. The summed E-state index contributed by atoms with van der Waals surface area (Å²) in [6.45, 7) is 3.12. The summed E-state index contributed by atoms with van der Waals surface area (Å²) in [5.74, 6) is -2.15. The van der Waals surface area contributed by atoms with Gasteiger partial charge in [0.15, 0.2) is 0 Å². The largest absolute Gasteiger partial charge is 0.463 e. The number of esters is 1. The fraction of sp³-hybridized carbons (Fsp3) is 0.294. The maximum absolute atomic E-state index is 13.4. The second kappa shape index (κ2) is 6.89. The smallest absolute Gasteiger partial charge is 0.416 e. The Labute approximate surface area is 142 Å². The first-order valence-corrected chi connectivity index (χ1v) is 7.43. The van der Waals surface area contributed by atoms with Gasteiger partial charge in [-0.25, -0.2) is 4.79 Å². The Morgan fingerprint density at radius 3 is 2.60 bits per heavy atom. The van der Waals surface area contributed by atoms with Crippen molar-refractivity contribution in [3.05, 3.63) is 58.1 Å². The molecular formula is C17H16F3N3O2. The minimum atomic E-state index is -4.65. The molecule has 1 aliphatic rings. The first-order valence-electron chi connectivity index (χ1n) is 7.43. The first-order chi connectivity index (χ1) is 11.7. The topological polar surface area (TPSA) is 88.1 Å². The summed E-state index contributed by atoms with van der Waals surface area (Å²) in [4.78, 5) is 12.3. The molecule has 1 aromatic rings. The van der Waals surface area contributed by atoms with Crippen LogP contribution in [0.1, 0.15) is 30.9 Å². The van der Waals surface area contributed by atoms with Crippen LogP contribution >= 0.6 is 0 Å². The Kier molecular flexibility index (Phi) is 5.07. The molecule has 0 bridgehead atoms. The summed E-state index contributed by atoms with van der Waals surface area (Å²) in [6.07, 6.45) is -4.65. The van der Waals surface area contributed by atoms with Crippen LogP contribution in [0.2, 0.25) is 0 Å². The Morgan fingerprint density at radius 2 is 2.04 bits per heavy atom. The van der Waals surface area contributed by atoms with Crippen molar-refractivity contribution >= 4 is 5.97 Å². The van der Waals surface area contributed by atoms with E-state index in [-0.39, 0.29) is 34.8 Å². The molecule has 1 atom stereocenters. The fourth-order valence-corrected chi connectivity index (χ4v) is 2.78. The molecule has 5 nitrogen and oxygen atoms in total. The van der Waals surface area contributed by atoms with Gasteiger partial charge < -0.3 is 15.8 Å². The number of nitriles is 1. The van der Waals surface area contributed by atoms with E-state index in [4.69, 9.17) is 10.5 Å². The zero-order valence-corrected chi connectivity index (χ0v) is 13.6. The zero-order valence-electron chi connectivity index (χ0n) is 13.6. The first kappa shape index (κ1) is 18.4. The lowest BCUT2D eigenvalue weighted by Gasteiger charge is -2.29. The average molecular weight is 351 g/mol. The van der Waals surface area contributed by atoms with E-state index in [0.717, 1.165) is 6.07 Å². The lowest BCUT2D eigenvalue weighted by atomic mass is 9.80. The number of nitrogens with one attached hydrogen (secondary N) is 1. The molecule has 8 heteroatoms. The highest BCUT2D eigenvalue weighted by Crippen LogP contribution is 2.43. The van der Waals surface area contributed by atoms with E-state index >= 15 is 0 Å². The number of halogens is 3. The van der Waals surface area contributed by atoms with E-state index < -0.39 is 23.6 Å². The second-order valence-electron chi connectivity index (χ2n) is 5.34. The van der Waals surface area contributed by atoms with Crippen molar-refractivity contribution in [3.8, 4) is 6.07 Å². The summed E-state index contributed by atoms with van der Waals surface area (Å²) < 4.78 is 45.2. The average Bonchev–Trinajstić information content (AvgIpc) is 2.53. The predicted molar refractivity (Wildman–Crippen MR) is 83.5 cm³/mol. The van der Waals surface area contributed by atoms with Crippen LogP contribution in [0, 0.1) is 11.3 Å². The third-order valence-corrected chi connectivity index (χ3v) is 3.79. The minimum absolute atomic E-state index is 0.0460. The van der Waals surface area contributed by atoms with Gasteiger partial charge in [0.05, 0.1) is 35.3 Å². The van der Waals surface area contributed by atoms with Crippen molar-refractivity contribution < 1.29 is 22.7 Å². The molecule has 0 aromatic heterocycles. The van der Waals surface area contributed by atoms with Gasteiger partial charge in [-0.1, -0.05) is 18.2 Å². The van der Waals surface area contributed by atoms with Gasteiger partial charge in [0, 0.05) is 5.70 Å². The van der Waals surface area contributed by atoms with Crippen LogP contribution in [0.4, 0.5) is 13.2 Å². The van der Waals surface area contributed by atoms with E-state index in [9.17, 15) is 23.2 Å². The van der Waals surface area contributed by atoms with Gasteiger partial charge in [-0.2, -0.15) is 18.4 Å². The maximum Gasteiger partial charge on any atom is 0.416 e. The molecule has 0 saturated carbocycles. The van der Waals surface area contributed by atoms with E-state index in [2.05, 4.69) is 5.32 Å². The van der Waals surface area contributed by atoms with Crippen molar-refractivity contribution in [2.75, 3.05) is 6.61 Å². The highest BCUT2D eigenvalue weighted by Gasteiger charge is 2.41. The molecule has 1 aliphatic heterocycles. The van der Waals surface area contributed by atoms with E-state index in [1.165, 1.54) is 25.1 Å². The van der Waals surface area contributed by atoms with Gasteiger partial charge in [-0.05, 0) is 25.5 Å². The lowest BCUT2D eigenvalue weighted by molar-refractivity contribution is -0.140. The number of alkyl halides is 3. The number of allylic oxidation sites excluding steroid dienone is 2. The standard InChI is InChI=1S/C17H16F3N3O2/c1-3-25-16(24)13-9(2)23-15(22)11(8-21)14(13)10-6-4-5-7-12(10)17(18,19)20/h4-7,14,23H,3,22H2,1-2H3. The molecule has 2 rings (SSSR count). The molecule has 0 spiro atoms. The highest BCUT2D eigenvalue weighted by molar-refractivity contribution is 5.93. The van der Waals surface area contributed by atoms with Gasteiger partial charge in [0.2, 0.25) is 0 Å². The van der Waals surface area contributed by atoms with Crippen LogP contribution in [0.15, 0.2) is 46.9 Å². The van der Waals surface area contributed by atoms with Gasteiger partial charge in [-0.3, -0.25) is 0 Å². The molecule has 0 saturated heterocycles. The summed E-state index contributed by atoms with van der Waals surface area (Å²) in [5, 5.41) is 12.1. The van der Waals surface area contributed by atoms with Gasteiger partial charge in [-0.15, -0.1) is 0 Å². The van der Waals surface area contributed by atoms with E-state index in [0.29, 0.717) is 0 Å².